The van der Waals surface area contributed by atoms with Crippen molar-refractivity contribution in [1.82, 2.24) is 0 Å². The molecule has 0 heterocycles. The smallest absolute Gasteiger partial charge is 0.822 e. The quantitative estimate of drug-likeness (QED) is 0.259. The molecule has 0 aliphatic heterocycles. The van der Waals surface area contributed by atoms with Crippen molar-refractivity contribution in [2.24, 2.45) is 0 Å². The number of hydrogen-bond acceptors (Lipinski definition) is 16. The fraction of sp³-hybridized carbons (Fsp3) is 0. The molecule has 16 nitrogen and oxygen atoms in total. The Bertz CT molecular complexity index is 292. The summed E-state index contributed by atoms with van der Waals surface area (Å²) in [5, 5.41) is 0. The van der Waals surface area contributed by atoms with E-state index in [1.54, 1.807) is 0 Å². The maximum atomic E-state index is 8.55. The molecule has 0 saturated carbocycles. The van der Waals surface area contributed by atoms with E-state index in [1.165, 1.54) is 0 Å². The summed E-state index contributed by atoms with van der Waals surface area (Å²) in [5.41, 5.74) is 0. The van der Waals surface area contributed by atoms with E-state index in [0.717, 1.165) is 0 Å². The molecule has 0 unspecified atom stereocenters. The van der Waals surface area contributed by atoms with Crippen LogP contribution in [0.1, 0.15) is 0 Å². The van der Waals surface area contributed by atoms with Crippen LogP contribution in [0.15, 0.2) is 0 Å². The molecular weight excluding hydrogens is 536 g/mol. The summed E-state index contributed by atoms with van der Waals surface area (Å²) in [4.78, 5) is 103. The Labute approximate surface area is 160 Å². The predicted molar refractivity (Wildman–Crippen MR) is 30.4 cm³/mol. The third kappa shape index (κ3) is 2810. The molecule has 0 aromatic heterocycles. The van der Waals surface area contributed by atoms with E-state index in [4.69, 9.17) is 77.0 Å². The molecule has 0 aliphatic rings. The molecule has 0 fully saturated rings. The van der Waals surface area contributed by atoms with Crippen LogP contribution in [-0.4, -0.2) is 0 Å². The van der Waals surface area contributed by atoms with Crippen molar-refractivity contribution in [3.8, 4) is 0 Å². The summed E-state index contributed by atoms with van der Waals surface area (Å²) < 4.78 is 34.2. The average Bonchev–Trinajstić information content (AvgIpc) is 1.62. The fourth-order valence-electron chi connectivity index (χ4n) is 0. The van der Waals surface area contributed by atoms with Crippen molar-refractivity contribution in [3.63, 3.8) is 0 Å². The minimum atomic E-state index is -5.39. The zero-order valence-corrected chi connectivity index (χ0v) is 16.9. The molecule has 0 saturated heterocycles. The Balaban J connectivity index is -0.0000000284. The number of phosphoric acid groups is 4. The van der Waals surface area contributed by atoms with Crippen molar-refractivity contribution in [2.75, 3.05) is 0 Å². The van der Waals surface area contributed by atoms with Crippen LogP contribution in [0.5, 0.6) is 0 Å². The van der Waals surface area contributed by atoms with Crippen molar-refractivity contribution >= 4 is 31.3 Å². The molecule has 0 atom stereocenters. The van der Waals surface area contributed by atoms with Gasteiger partial charge < -0.3 is 77.0 Å². The van der Waals surface area contributed by atoms with E-state index >= 15 is 0 Å². The second-order valence-corrected chi connectivity index (χ2v) is 5.37. The Morgan fingerprint density at radius 3 is 0.304 bits per heavy atom. The zero-order valence-electron chi connectivity index (χ0n) is 9.55. The van der Waals surface area contributed by atoms with Crippen LogP contribution in [0.25, 0.3) is 0 Å². The van der Waals surface area contributed by atoms with Crippen molar-refractivity contribution in [3.05, 3.63) is 0 Å². The Morgan fingerprint density at radius 1 is 0.304 bits per heavy atom. The first-order chi connectivity index (χ1) is 8.00. The topological polar surface area (TPSA) is 345 Å². The molecule has 0 radical (unpaired) electrons. The van der Waals surface area contributed by atoms with E-state index in [2.05, 4.69) is 0 Å². The first-order valence-corrected chi connectivity index (χ1v) is 8.76. The largest absolute Gasteiger partial charge is 4.00 e. The Morgan fingerprint density at radius 2 is 0.304 bits per heavy atom. The SMILES string of the molecule is O=P([O-])([O-])[O-].O=P([O-])([O-])[O-].O=P([O-])([O-])[O-].O=P([O-])([O-])[O-].[Cr+4].[Cr+4].[Cr+4]. The van der Waals surface area contributed by atoms with Crippen LogP contribution in [-0.2, 0) is 70.3 Å². The summed E-state index contributed by atoms with van der Waals surface area (Å²) in [6, 6.07) is 0. The molecule has 0 spiro atoms. The third-order valence-corrected chi connectivity index (χ3v) is 0. The first kappa shape index (κ1) is 44.5. The summed E-state index contributed by atoms with van der Waals surface area (Å²) in [6.45, 7) is 0. The molecular formula is Cr3O16P4. The summed E-state index contributed by atoms with van der Waals surface area (Å²) in [6.07, 6.45) is 0. The van der Waals surface area contributed by atoms with Gasteiger partial charge in [0.2, 0.25) is 0 Å². The summed E-state index contributed by atoms with van der Waals surface area (Å²) in [5.74, 6) is 0. The van der Waals surface area contributed by atoms with Crippen molar-refractivity contribution in [1.29, 1.82) is 0 Å². The second-order valence-electron chi connectivity index (χ2n) is 1.79. The molecule has 0 N–H and O–H groups in total. The minimum Gasteiger partial charge on any atom is -0.822 e. The van der Waals surface area contributed by atoms with Crippen LogP contribution in [0.2, 0.25) is 0 Å². The Hall–Kier alpha value is 2.04. The normalized spacial score (nSPS) is 10.3. The fourth-order valence-corrected chi connectivity index (χ4v) is 0. The van der Waals surface area contributed by atoms with Gasteiger partial charge in [0.05, 0.1) is 0 Å². The maximum absolute atomic E-state index is 8.55. The zero-order chi connectivity index (χ0) is 18.0. The molecule has 23 heteroatoms. The van der Waals surface area contributed by atoms with Crippen LogP contribution in [0.3, 0.4) is 0 Å². The molecule has 0 amide bonds. The standard InChI is InChI=1S/3Cr.4H3O4P/c;;;4*1-5(2,3)4/h;;;4*(H3,1,2,3,4)/q3*+4;;;;/p-12. The van der Waals surface area contributed by atoms with Crippen LogP contribution < -0.4 is 58.7 Å². The van der Waals surface area contributed by atoms with Gasteiger partial charge in [-0.15, -0.1) is 0 Å². The van der Waals surface area contributed by atoms with Gasteiger partial charge in [0.25, 0.3) is 0 Å². The van der Waals surface area contributed by atoms with Crippen molar-refractivity contribution < 1.29 is 129 Å². The summed E-state index contributed by atoms with van der Waals surface area (Å²) in [7, 11) is -21.6. The maximum Gasteiger partial charge on any atom is 4.00 e. The third-order valence-electron chi connectivity index (χ3n) is 0. The van der Waals surface area contributed by atoms with Gasteiger partial charge in [-0.1, -0.05) is 0 Å². The van der Waals surface area contributed by atoms with Gasteiger partial charge in [0.1, 0.15) is 0 Å². The van der Waals surface area contributed by atoms with Gasteiger partial charge in [-0.2, -0.15) is 31.3 Å². The molecule has 23 heavy (non-hydrogen) atoms. The van der Waals surface area contributed by atoms with Gasteiger partial charge in [-0.3, -0.25) is 0 Å². The van der Waals surface area contributed by atoms with Gasteiger partial charge >= 0.3 is 52.1 Å². The molecule has 0 bridgehead atoms. The number of hydrogen-bond donors (Lipinski definition) is 0. The molecule has 0 aliphatic carbocycles. The Kier molecular flexibility index (Phi) is 36.4. The monoisotopic (exact) mass is 536 g/mol. The van der Waals surface area contributed by atoms with Crippen LogP contribution in [0, 0.1) is 0 Å². The van der Waals surface area contributed by atoms with E-state index in [1.807, 2.05) is 0 Å². The molecule has 134 valence electrons. The molecule has 0 aromatic carbocycles. The van der Waals surface area contributed by atoms with Crippen LogP contribution >= 0.6 is 31.3 Å². The second kappa shape index (κ2) is 18.8. The molecule has 0 rings (SSSR count). The van der Waals surface area contributed by atoms with E-state index < -0.39 is 31.3 Å². The average molecular weight is 536 g/mol. The first-order valence-electron chi connectivity index (χ1n) is 2.92. The minimum absolute atomic E-state index is 0. The van der Waals surface area contributed by atoms with Gasteiger partial charge in [0.15, 0.2) is 0 Å². The van der Waals surface area contributed by atoms with Gasteiger partial charge in [-0.25, -0.2) is 0 Å². The van der Waals surface area contributed by atoms with Gasteiger partial charge in [-0.05, 0) is 0 Å². The predicted octanol–water partition coefficient (Wildman–Crippen LogP) is -11.3. The van der Waals surface area contributed by atoms with E-state index in [9.17, 15) is 0 Å². The van der Waals surface area contributed by atoms with Gasteiger partial charge in [0, 0.05) is 0 Å². The molecule has 0 aromatic rings. The number of rotatable bonds is 0. The van der Waals surface area contributed by atoms with E-state index in [0.29, 0.717) is 0 Å². The van der Waals surface area contributed by atoms with E-state index in [-0.39, 0.29) is 52.1 Å². The van der Waals surface area contributed by atoms with Crippen molar-refractivity contribution in [2.45, 2.75) is 0 Å². The van der Waals surface area contributed by atoms with Crippen LogP contribution in [0.4, 0.5) is 0 Å². The summed E-state index contributed by atoms with van der Waals surface area (Å²) >= 11 is 0.